The lowest BCUT2D eigenvalue weighted by molar-refractivity contribution is -0.142. The monoisotopic (exact) mass is 229 g/mol. The van der Waals surface area contributed by atoms with Gasteiger partial charge in [0.2, 0.25) is 6.41 Å². The molecule has 92 valence electrons. The SMILES string of the molecule is CN(C)C(CC1CN(C=O)CCN1)OC=O. The van der Waals surface area contributed by atoms with Crippen molar-refractivity contribution in [3.05, 3.63) is 0 Å². The molecule has 0 aromatic carbocycles. The maximum atomic E-state index is 10.7. The van der Waals surface area contributed by atoms with Crippen LogP contribution in [0.1, 0.15) is 6.42 Å². The Bertz CT molecular complexity index is 235. The number of piperazine rings is 1. The summed E-state index contributed by atoms with van der Waals surface area (Å²) in [5.41, 5.74) is 0. The van der Waals surface area contributed by atoms with Crippen LogP contribution in [0.2, 0.25) is 0 Å². The van der Waals surface area contributed by atoms with Crippen LogP contribution in [0.4, 0.5) is 0 Å². The van der Waals surface area contributed by atoms with E-state index in [0.717, 1.165) is 19.5 Å². The molecule has 0 saturated carbocycles. The van der Waals surface area contributed by atoms with Crippen molar-refractivity contribution < 1.29 is 14.3 Å². The second kappa shape index (κ2) is 6.44. The van der Waals surface area contributed by atoms with Crippen molar-refractivity contribution in [1.29, 1.82) is 0 Å². The van der Waals surface area contributed by atoms with Crippen LogP contribution in [0.25, 0.3) is 0 Å². The number of nitrogens with one attached hydrogen (secondary N) is 1. The van der Waals surface area contributed by atoms with Gasteiger partial charge in [-0.05, 0) is 14.1 Å². The lowest BCUT2D eigenvalue weighted by Crippen LogP contribution is -2.52. The standard InChI is InChI=1S/C10H19N3O3/c1-12(2)10(16-8-15)5-9-6-13(7-14)4-3-11-9/h7-11H,3-6H2,1-2H3. The van der Waals surface area contributed by atoms with Crippen LogP contribution in [0.15, 0.2) is 0 Å². The molecule has 1 rings (SSSR count). The predicted molar refractivity (Wildman–Crippen MR) is 58.7 cm³/mol. The van der Waals surface area contributed by atoms with Crippen LogP contribution in [-0.4, -0.2) is 68.7 Å². The normalized spacial score (nSPS) is 22.9. The molecule has 0 radical (unpaired) electrons. The van der Waals surface area contributed by atoms with Gasteiger partial charge in [0.25, 0.3) is 6.47 Å². The quantitative estimate of drug-likeness (QED) is 0.461. The highest BCUT2D eigenvalue weighted by molar-refractivity contribution is 5.47. The number of amides is 1. The zero-order valence-corrected chi connectivity index (χ0v) is 9.76. The van der Waals surface area contributed by atoms with Crippen molar-refractivity contribution in [3.63, 3.8) is 0 Å². The second-order valence-electron chi connectivity index (χ2n) is 4.14. The van der Waals surface area contributed by atoms with E-state index in [1.807, 2.05) is 19.0 Å². The first-order chi connectivity index (χ1) is 7.67. The summed E-state index contributed by atoms with van der Waals surface area (Å²) in [6, 6.07) is 0.172. The molecule has 0 bridgehead atoms. The Balaban J connectivity index is 2.43. The Labute approximate surface area is 95.5 Å². The van der Waals surface area contributed by atoms with Crippen LogP contribution in [0.3, 0.4) is 0 Å². The number of carbonyl (C=O) groups is 2. The molecule has 0 aliphatic carbocycles. The molecule has 0 aromatic rings. The molecule has 2 atom stereocenters. The summed E-state index contributed by atoms with van der Waals surface area (Å²) in [5.74, 6) is 0. The lowest BCUT2D eigenvalue weighted by atomic mass is 10.1. The summed E-state index contributed by atoms with van der Waals surface area (Å²) in [6.07, 6.45) is 1.29. The van der Waals surface area contributed by atoms with Crippen molar-refractivity contribution in [2.75, 3.05) is 33.7 Å². The molecule has 1 fully saturated rings. The van der Waals surface area contributed by atoms with Gasteiger partial charge in [0, 0.05) is 32.1 Å². The number of hydrogen-bond donors (Lipinski definition) is 1. The van der Waals surface area contributed by atoms with Crippen LogP contribution < -0.4 is 5.32 Å². The summed E-state index contributed by atoms with van der Waals surface area (Å²) in [4.78, 5) is 24.6. The van der Waals surface area contributed by atoms with Crippen molar-refractivity contribution in [2.24, 2.45) is 0 Å². The maximum absolute atomic E-state index is 10.7. The number of carbonyl (C=O) groups excluding carboxylic acids is 2. The topological polar surface area (TPSA) is 61.9 Å². The Morgan fingerprint density at radius 3 is 2.88 bits per heavy atom. The minimum atomic E-state index is -0.249. The molecule has 6 heteroatoms. The molecule has 2 unspecified atom stereocenters. The van der Waals surface area contributed by atoms with Crippen LogP contribution in [0.5, 0.6) is 0 Å². The fraction of sp³-hybridized carbons (Fsp3) is 0.800. The summed E-state index contributed by atoms with van der Waals surface area (Å²) in [6.45, 7) is 2.65. The van der Waals surface area contributed by atoms with Gasteiger partial charge in [0.15, 0.2) is 6.23 Å². The summed E-state index contributed by atoms with van der Waals surface area (Å²) < 4.78 is 4.97. The van der Waals surface area contributed by atoms with Crippen LogP contribution in [-0.2, 0) is 14.3 Å². The Morgan fingerprint density at radius 2 is 2.31 bits per heavy atom. The van der Waals surface area contributed by atoms with Crippen LogP contribution in [0, 0.1) is 0 Å². The van der Waals surface area contributed by atoms with Crippen molar-refractivity contribution in [1.82, 2.24) is 15.1 Å². The van der Waals surface area contributed by atoms with Gasteiger partial charge in [-0.2, -0.15) is 0 Å². The van der Waals surface area contributed by atoms with Gasteiger partial charge in [0.1, 0.15) is 0 Å². The number of nitrogens with zero attached hydrogens (tertiary/aromatic N) is 2. The average Bonchev–Trinajstić information content (AvgIpc) is 2.28. The molecule has 1 aliphatic heterocycles. The summed E-state index contributed by atoms with van der Waals surface area (Å²) in [5, 5.41) is 3.30. The molecule has 1 aliphatic rings. The molecule has 1 saturated heterocycles. The molecule has 0 aromatic heterocycles. The zero-order chi connectivity index (χ0) is 12.0. The van der Waals surface area contributed by atoms with Gasteiger partial charge in [-0.3, -0.25) is 14.5 Å². The Hall–Kier alpha value is -1.14. The highest BCUT2D eigenvalue weighted by Crippen LogP contribution is 2.08. The van der Waals surface area contributed by atoms with E-state index in [2.05, 4.69) is 5.32 Å². The molecule has 16 heavy (non-hydrogen) atoms. The molecule has 1 heterocycles. The van der Waals surface area contributed by atoms with E-state index in [1.54, 1.807) is 4.90 Å². The summed E-state index contributed by atoms with van der Waals surface area (Å²) >= 11 is 0. The first-order valence-electron chi connectivity index (χ1n) is 5.35. The molecule has 1 N–H and O–H groups in total. The first-order valence-corrected chi connectivity index (χ1v) is 5.35. The van der Waals surface area contributed by atoms with Crippen LogP contribution >= 0.6 is 0 Å². The number of ether oxygens (including phenoxy) is 1. The van der Waals surface area contributed by atoms with Crippen molar-refractivity contribution in [3.8, 4) is 0 Å². The smallest absolute Gasteiger partial charge is 0.294 e. The predicted octanol–water partition coefficient (Wildman–Crippen LogP) is -1.13. The highest BCUT2D eigenvalue weighted by Gasteiger charge is 2.23. The van der Waals surface area contributed by atoms with Gasteiger partial charge in [-0.25, -0.2) is 0 Å². The second-order valence-corrected chi connectivity index (χ2v) is 4.14. The van der Waals surface area contributed by atoms with Gasteiger partial charge in [-0.15, -0.1) is 0 Å². The largest absolute Gasteiger partial charge is 0.449 e. The van der Waals surface area contributed by atoms with Gasteiger partial charge >= 0.3 is 0 Å². The van der Waals surface area contributed by atoms with E-state index in [0.29, 0.717) is 19.4 Å². The van der Waals surface area contributed by atoms with E-state index in [9.17, 15) is 9.59 Å². The average molecular weight is 229 g/mol. The third-order valence-corrected chi connectivity index (χ3v) is 2.71. The fourth-order valence-corrected chi connectivity index (χ4v) is 1.80. The highest BCUT2D eigenvalue weighted by atomic mass is 16.5. The third-order valence-electron chi connectivity index (χ3n) is 2.71. The summed E-state index contributed by atoms with van der Waals surface area (Å²) in [7, 11) is 3.71. The molecular weight excluding hydrogens is 210 g/mol. The van der Waals surface area contributed by atoms with E-state index in [4.69, 9.17) is 4.74 Å². The van der Waals surface area contributed by atoms with Gasteiger partial charge < -0.3 is 15.0 Å². The van der Waals surface area contributed by atoms with Gasteiger partial charge in [-0.1, -0.05) is 0 Å². The Morgan fingerprint density at radius 1 is 1.56 bits per heavy atom. The first kappa shape index (κ1) is 12.9. The maximum Gasteiger partial charge on any atom is 0.294 e. The zero-order valence-electron chi connectivity index (χ0n) is 9.76. The lowest BCUT2D eigenvalue weighted by Gasteiger charge is -2.34. The van der Waals surface area contributed by atoms with E-state index in [-0.39, 0.29) is 12.3 Å². The van der Waals surface area contributed by atoms with Crippen molar-refractivity contribution in [2.45, 2.75) is 18.7 Å². The molecule has 1 amide bonds. The molecular formula is C10H19N3O3. The molecule has 0 spiro atoms. The third kappa shape index (κ3) is 3.79. The fourth-order valence-electron chi connectivity index (χ4n) is 1.80. The molecule has 6 nitrogen and oxygen atoms in total. The van der Waals surface area contributed by atoms with E-state index in [1.165, 1.54) is 0 Å². The van der Waals surface area contributed by atoms with Crippen molar-refractivity contribution >= 4 is 12.9 Å². The minimum absolute atomic E-state index is 0.172. The van der Waals surface area contributed by atoms with E-state index < -0.39 is 0 Å². The number of hydrogen-bond acceptors (Lipinski definition) is 5. The minimum Gasteiger partial charge on any atom is -0.449 e. The number of rotatable bonds is 6. The van der Waals surface area contributed by atoms with Gasteiger partial charge in [0.05, 0.1) is 0 Å². The Kier molecular flexibility index (Phi) is 5.21. The van der Waals surface area contributed by atoms with E-state index >= 15 is 0 Å².